The minimum absolute atomic E-state index is 0.0899. The van der Waals surface area contributed by atoms with Gasteiger partial charge >= 0.3 is 0 Å². The maximum atomic E-state index is 11.1. The summed E-state index contributed by atoms with van der Waals surface area (Å²) in [5.74, 6) is 0.459. The number of benzene rings is 1. The van der Waals surface area contributed by atoms with E-state index in [0.29, 0.717) is 18.8 Å². The van der Waals surface area contributed by atoms with Crippen molar-refractivity contribution >= 4 is 43.7 Å². The molecule has 0 amide bonds. The van der Waals surface area contributed by atoms with Crippen LogP contribution in [0.25, 0.3) is 21.9 Å². The van der Waals surface area contributed by atoms with Crippen molar-refractivity contribution in [2.24, 2.45) is 5.41 Å². The van der Waals surface area contributed by atoms with Gasteiger partial charge in [-0.05, 0) is 65.9 Å². The Morgan fingerprint density at radius 1 is 1.21 bits per heavy atom. The molecule has 5 atom stereocenters. The van der Waals surface area contributed by atoms with Crippen LogP contribution in [0.15, 0.2) is 47.3 Å². The first-order valence-electron chi connectivity index (χ1n) is 11.5. The standard InChI is InChI=1S/C25H26BrN5O3/c1-13-16-5-7-31(24(16)29-12-28-13)19-10-25(22(33)21(19)32)6-4-20(34-11-25)15-3-2-14-8-17(26)23(27)30-18(14)9-15/h2-3,5,7-9,12,19-22,32-33H,4,6,10-11H2,1H3,(H2,27,30)/t19-,20-,21+,22+,25+/m1/s1. The van der Waals surface area contributed by atoms with Crippen LogP contribution in [0.4, 0.5) is 5.82 Å². The van der Waals surface area contributed by atoms with E-state index in [1.54, 1.807) is 6.33 Å². The van der Waals surface area contributed by atoms with Crippen molar-refractivity contribution in [3.8, 4) is 0 Å². The largest absolute Gasteiger partial charge is 0.390 e. The van der Waals surface area contributed by atoms with E-state index in [2.05, 4.69) is 36.9 Å². The number of aryl methyl sites for hydroxylation is 1. The third kappa shape index (κ3) is 3.33. The zero-order valence-corrected chi connectivity index (χ0v) is 20.3. The number of pyridine rings is 1. The molecule has 3 aromatic heterocycles. The molecule has 1 aromatic carbocycles. The Kier molecular flexibility index (Phi) is 5.14. The van der Waals surface area contributed by atoms with Gasteiger partial charge in [-0.25, -0.2) is 15.0 Å². The summed E-state index contributed by atoms with van der Waals surface area (Å²) in [5.41, 5.74) is 9.03. The molecule has 176 valence electrons. The molecule has 1 saturated carbocycles. The Morgan fingerprint density at radius 2 is 2.06 bits per heavy atom. The van der Waals surface area contributed by atoms with Crippen molar-refractivity contribution in [2.45, 2.75) is 50.5 Å². The van der Waals surface area contributed by atoms with Crippen molar-refractivity contribution in [1.82, 2.24) is 19.5 Å². The second kappa shape index (κ2) is 7.98. The second-order valence-corrected chi connectivity index (χ2v) is 10.5. The van der Waals surface area contributed by atoms with Gasteiger partial charge in [0.25, 0.3) is 0 Å². The van der Waals surface area contributed by atoms with Crippen LogP contribution in [0, 0.1) is 12.3 Å². The number of aliphatic hydroxyl groups excluding tert-OH is 2. The van der Waals surface area contributed by atoms with Crippen molar-refractivity contribution in [2.75, 3.05) is 12.3 Å². The first-order chi connectivity index (χ1) is 16.4. The average molecular weight is 524 g/mol. The molecule has 9 heteroatoms. The number of nitrogens with zero attached hydrogens (tertiary/aromatic N) is 4. The number of nitrogens with two attached hydrogens (primary N) is 1. The van der Waals surface area contributed by atoms with Gasteiger partial charge in [0.2, 0.25) is 0 Å². The number of anilines is 1. The molecule has 4 heterocycles. The fourth-order valence-electron chi connectivity index (χ4n) is 5.73. The van der Waals surface area contributed by atoms with Crippen molar-refractivity contribution in [3.63, 3.8) is 0 Å². The number of halogens is 1. The number of aromatic nitrogens is 4. The minimum atomic E-state index is -0.891. The molecule has 1 aliphatic heterocycles. The molecule has 0 unspecified atom stereocenters. The maximum Gasteiger partial charge on any atom is 0.143 e. The fraction of sp³-hybridized carbons (Fsp3) is 0.400. The van der Waals surface area contributed by atoms with E-state index >= 15 is 0 Å². The summed E-state index contributed by atoms with van der Waals surface area (Å²) in [6, 6.07) is 9.78. The lowest BCUT2D eigenvalue weighted by molar-refractivity contribution is -0.120. The molecule has 4 aromatic rings. The topological polar surface area (TPSA) is 119 Å². The number of fused-ring (bicyclic) bond motifs is 2. The van der Waals surface area contributed by atoms with E-state index in [1.807, 2.05) is 42.0 Å². The normalized spacial score (nSPS) is 29.4. The van der Waals surface area contributed by atoms with E-state index in [0.717, 1.165) is 50.5 Å². The van der Waals surface area contributed by atoms with E-state index in [4.69, 9.17) is 10.5 Å². The molecule has 8 nitrogen and oxygen atoms in total. The summed E-state index contributed by atoms with van der Waals surface area (Å²) >= 11 is 3.43. The molecule has 2 fully saturated rings. The van der Waals surface area contributed by atoms with Crippen LogP contribution in [-0.2, 0) is 4.74 Å². The zero-order chi connectivity index (χ0) is 23.6. The Labute approximate surface area is 204 Å². The first-order valence-corrected chi connectivity index (χ1v) is 12.3. The highest BCUT2D eigenvalue weighted by atomic mass is 79.9. The van der Waals surface area contributed by atoms with Gasteiger partial charge in [0.05, 0.1) is 40.5 Å². The lowest BCUT2D eigenvalue weighted by atomic mass is 9.76. The number of aliphatic hydroxyl groups is 2. The van der Waals surface area contributed by atoms with Crippen LogP contribution < -0.4 is 5.73 Å². The van der Waals surface area contributed by atoms with Crippen LogP contribution in [-0.4, -0.2) is 48.5 Å². The molecule has 2 aliphatic rings. The third-order valence-electron chi connectivity index (χ3n) is 7.70. The minimum Gasteiger partial charge on any atom is -0.390 e. The average Bonchev–Trinajstić information content (AvgIpc) is 3.36. The Morgan fingerprint density at radius 3 is 2.85 bits per heavy atom. The molecule has 6 rings (SSSR count). The van der Waals surface area contributed by atoms with Gasteiger partial charge in [0.1, 0.15) is 23.9 Å². The van der Waals surface area contributed by atoms with Crippen molar-refractivity contribution < 1.29 is 14.9 Å². The number of hydrogen-bond donors (Lipinski definition) is 3. The van der Waals surface area contributed by atoms with Gasteiger partial charge in [-0.2, -0.15) is 0 Å². The highest BCUT2D eigenvalue weighted by Gasteiger charge is 2.55. The monoisotopic (exact) mass is 523 g/mol. The Hall–Kier alpha value is -2.59. The number of hydrogen-bond acceptors (Lipinski definition) is 7. The molecule has 1 saturated heterocycles. The molecule has 4 N–H and O–H groups in total. The molecule has 0 radical (unpaired) electrons. The van der Waals surface area contributed by atoms with Gasteiger partial charge in [0.15, 0.2) is 0 Å². The lowest BCUT2D eigenvalue weighted by Gasteiger charge is -2.40. The smallest absolute Gasteiger partial charge is 0.143 e. The number of nitrogen functional groups attached to an aromatic ring is 1. The van der Waals surface area contributed by atoms with E-state index in [1.165, 1.54) is 0 Å². The molecule has 34 heavy (non-hydrogen) atoms. The summed E-state index contributed by atoms with van der Waals surface area (Å²) in [6.45, 7) is 2.33. The number of rotatable bonds is 2. The maximum absolute atomic E-state index is 11.1. The Bertz CT molecular complexity index is 1400. The van der Waals surface area contributed by atoms with E-state index in [-0.39, 0.29) is 12.1 Å². The van der Waals surface area contributed by atoms with Crippen LogP contribution in [0.3, 0.4) is 0 Å². The molecular formula is C25H26BrN5O3. The van der Waals surface area contributed by atoms with Gasteiger partial charge in [-0.15, -0.1) is 0 Å². The van der Waals surface area contributed by atoms with Crippen LogP contribution >= 0.6 is 15.9 Å². The molecular weight excluding hydrogens is 498 g/mol. The summed E-state index contributed by atoms with van der Waals surface area (Å²) in [5, 5.41) is 24.1. The highest BCUT2D eigenvalue weighted by Crippen LogP contribution is 2.52. The lowest BCUT2D eigenvalue weighted by Crippen LogP contribution is -2.42. The van der Waals surface area contributed by atoms with Gasteiger partial charge in [-0.3, -0.25) is 0 Å². The van der Waals surface area contributed by atoms with Gasteiger partial charge in [-0.1, -0.05) is 12.1 Å². The van der Waals surface area contributed by atoms with Crippen molar-refractivity contribution in [1.29, 1.82) is 0 Å². The molecule has 1 aliphatic carbocycles. The molecule has 0 bridgehead atoms. The number of ether oxygens (including phenoxy) is 1. The second-order valence-electron chi connectivity index (χ2n) is 9.63. The van der Waals surface area contributed by atoms with Crippen LogP contribution in [0.1, 0.15) is 42.7 Å². The first kappa shape index (κ1) is 21.9. The van der Waals surface area contributed by atoms with Crippen molar-refractivity contribution in [3.05, 3.63) is 58.6 Å². The predicted octanol–water partition coefficient (Wildman–Crippen LogP) is 3.84. The Balaban J connectivity index is 1.24. The predicted molar refractivity (Wildman–Crippen MR) is 132 cm³/mol. The third-order valence-corrected chi connectivity index (χ3v) is 8.33. The summed E-state index contributed by atoms with van der Waals surface area (Å²) in [6.07, 6.45) is 3.76. The van der Waals surface area contributed by atoms with E-state index in [9.17, 15) is 10.2 Å². The quantitative estimate of drug-likeness (QED) is 0.365. The highest BCUT2D eigenvalue weighted by molar-refractivity contribution is 9.10. The van der Waals surface area contributed by atoms with Crippen LogP contribution in [0.5, 0.6) is 0 Å². The van der Waals surface area contributed by atoms with E-state index < -0.39 is 17.6 Å². The zero-order valence-electron chi connectivity index (χ0n) is 18.7. The fourth-order valence-corrected chi connectivity index (χ4v) is 6.07. The summed E-state index contributed by atoms with van der Waals surface area (Å²) < 4.78 is 9.09. The van der Waals surface area contributed by atoms with Gasteiger partial charge < -0.3 is 25.3 Å². The van der Waals surface area contributed by atoms with Crippen LogP contribution in [0.2, 0.25) is 0 Å². The summed E-state index contributed by atoms with van der Waals surface area (Å²) in [7, 11) is 0. The summed E-state index contributed by atoms with van der Waals surface area (Å²) in [4.78, 5) is 13.2. The van der Waals surface area contributed by atoms with Gasteiger partial charge in [0, 0.05) is 22.4 Å². The SMILES string of the molecule is Cc1ncnc2c1ccn2[C@@H]1C[C@]2(CC[C@H](c3ccc4cc(Br)c(N)nc4c3)OC2)[C@@H](O)[C@H]1O. The molecule has 1 spiro atoms.